The number of hydrogen-bond donors (Lipinski definition) is 0. The lowest BCUT2D eigenvalue weighted by Crippen LogP contribution is -2.67. The molecule has 1 aliphatic carbocycles. The van der Waals surface area contributed by atoms with Gasteiger partial charge < -0.3 is 9.80 Å². The Labute approximate surface area is 150 Å². The van der Waals surface area contributed by atoms with Crippen LogP contribution in [0.25, 0.3) is 0 Å². The minimum Gasteiger partial charge on any atom is -0.334 e. The minimum absolute atomic E-state index is 0.0301. The number of piperazine rings is 1. The summed E-state index contributed by atoms with van der Waals surface area (Å²) in [6.45, 7) is 5.36. The van der Waals surface area contributed by atoms with Gasteiger partial charge in [0.25, 0.3) is 0 Å². The summed E-state index contributed by atoms with van der Waals surface area (Å²) in [5, 5.41) is 0. The molecule has 3 rings (SSSR count). The van der Waals surface area contributed by atoms with Gasteiger partial charge in [-0.15, -0.1) is 0 Å². The maximum atomic E-state index is 12.9. The highest BCUT2D eigenvalue weighted by molar-refractivity contribution is 7.91. The molecular weight excluding hydrogens is 342 g/mol. The molecule has 25 heavy (non-hydrogen) atoms. The first-order valence-electron chi connectivity index (χ1n) is 9.29. The lowest BCUT2D eigenvalue weighted by atomic mass is 9.84. The topological polar surface area (TPSA) is 78.0 Å². The minimum atomic E-state index is -2.93. The molecule has 8 heteroatoms. The molecule has 142 valence electrons. The predicted octanol–water partition coefficient (Wildman–Crippen LogP) is 0.107. The Kier molecular flexibility index (Phi) is 5.39. The third kappa shape index (κ3) is 4.00. The van der Waals surface area contributed by atoms with E-state index < -0.39 is 9.84 Å². The van der Waals surface area contributed by atoms with Crippen molar-refractivity contribution >= 4 is 21.7 Å². The molecule has 2 amide bonds. The quantitative estimate of drug-likeness (QED) is 0.688. The van der Waals surface area contributed by atoms with Gasteiger partial charge in [-0.2, -0.15) is 0 Å². The van der Waals surface area contributed by atoms with Gasteiger partial charge in [0.1, 0.15) is 0 Å². The van der Waals surface area contributed by atoms with E-state index in [0.29, 0.717) is 19.6 Å². The normalized spacial score (nSPS) is 33.0. The van der Waals surface area contributed by atoms with Crippen molar-refractivity contribution in [2.45, 2.75) is 57.7 Å². The van der Waals surface area contributed by atoms with E-state index in [1.54, 1.807) is 6.92 Å². The molecule has 0 N–H and O–H groups in total. The van der Waals surface area contributed by atoms with E-state index in [2.05, 4.69) is 0 Å². The first-order valence-corrected chi connectivity index (χ1v) is 11.1. The van der Waals surface area contributed by atoms with Crippen molar-refractivity contribution in [2.24, 2.45) is 0 Å². The number of fused-ring (bicyclic) bond motifs is 1. The molecule has 2 unspecified atom stereocenters. The summed E-state index contributed by atoms with van der Waals surface area (Å²) >= 11 is 0. The highest BCUT2D eigenvalue weighted by Gasteiger charge is 2.44. The summed E-state index contributed by atoms with van der Waals surface area (Å²) in [5.41, 5.74) is 0. The van der Waals surface area contributed by atoms with Crippen LogP contribution in [0.4, 0.5) is 0 Å². The molecular formula is C17H29N3O4S. The van der Waals surface area contributed by atoms with Crippen molar-refractivity contribution in [3.63, 3.8) is 0 Å². The molecule has 2 heterocycles. The van der Waals surface area contributed by atoms with Gasteiger partial charge in [-0.25, -0.2) is 8.42 Å². The zero-order chi connectivity index (χ0) is 18.2. The van der Waals surface area contributed by atoms with E-state index in [-0.39, 0.29) is 48.0 Å². The maximum absolute atomic E-state index is 12.9. The van der Waals surface area contributed by atoms with E-state index in [0.717, 1.165) is 25.7 Å². The van der Waals surface area contributed by atoms with Gasteiger partial charge in [-0.3, -0.25) is 14.5 Å². The number of nitrogens with zero attached hydrogens (tertiary/aromatic N) is 3. The monoisotopic (exact) mass is 371 g/mol. The SMILES string of the molecule is CC(=O)N1C2CCCCC2N(C(=O)CN2CCS(=O)(=O)CC2)C[C@@H]1C. The van der Waals surface area contributed by atoms with Crippen LogP contribution in [0.3, 0.4) is 0 Å². The highest BCUT2D eigenvalue weighted by Crippen LogP contribution is 2.33. The molecule has 3 atom stereocenters. The summed E-state index contributed by atoms with van der Waals surface area (Å²) in [7, 11) is -2.93. The Morgan fingerprint density at radius 3 is 2.24 bits per heavy atom. The Morgan fingerprint density at radius 1 is 1.04 bits per heavy atom. The molecule has 3 fully saturated rings. The molecule has 2 saturated heterocycles. The summed E-state index contributed by atoms with van der Waals surface area (Å²) < 4.78 is 23.1. The fourth-order valence-electron chi connectivity index (χ4n) is 4.64. The van der Waals surface area contributed by atoms with Crippen LogP contribution in [0.15, 0.2) is 0 Å². The van der Waals surface area contributed by atoms with Gasteiger partial charge in [0.15, 0.2) is 9.84 Å². The van der Waals surface area contributed by atoms with E-state index in [4.69, 9.17) is 0 Å². The fourth-order valence-corrected chi connectivity index (χ4v) is 5.91. The van der Waals surface area contributed by atoms with Gasteiger partial charge in [-0.1, -0.05) is 12.8 Å². The second kappa shape index (κ2) is 7.23. The predicted molar refractivity (Wildman–Crippen MR) is 94.8 cm³/mol. The second-order valence-electron chi connectivity index (χ2n) is 7.67. The van der Waals surface area contributed by atoms with Gasteiger partial charge in [0, 0.05) is 32.6 Å². The molecule has 1 saturated carbocycles. The van der Waals surface area contributed by atoms with Crippen LogP contribution in [0.1, 0.15) is 39.5 Å². The van der Waals surface area contributed by atoms with Crippen LogP contribution < -0.4 is 0 Å². The molecule has 3 aliphatic rings. The number of rotatable bonds is 2. The van der Waals surface area contributed by atoms with E-state index >= 15 is 0 Å². The molecule has 0 aromatic heterocycles. The fraction of sp³-hybridized carbons (Fsp3) is 0.882. The molecule has 0 spiro atoms. The third-order valence-corrected chi connectivity index (χ3v) is 7.48. The Balaban J connectivity index is 1.68. The Morgan fingerprint density at radius 2 is 1.64 bits per heavy atom. The smallest absolute Gasteiger partial charge is 0.237 e. The average molecular weight is 372 g/mol. The third-order valence-electron chi connectivity index (χ3n) is 5.87. The van der Waals surface area contributed by atoms with Crippen molar-refractivity contribution in [1.29, 1.82) is 0 Å². The van der Waals surface area contributed by atoms with Crippen LogP contribution in [0.2, 0.25) is 0 Å². The number of carbonyl (C=O) groups excluding carboxylic acids is 2. The molecule has 0 aromatic rings. The van der Waals surface area contributed by atoms with E-state index in [9.17, 15) is 18.0 Å². The van der Waals surface area contributed by atoms with Crippen LogP contribution in [0, 0.1) is 0 Å². The zero-order valence-corrected chi connectivity index (χ0v) is 16.0. The molecule has 0 bridgehead atoms. The average Bonchev–Trinajstić information content (AvgIpc) is 2.55. The molecule has 7 nitrogen and oxygen atoms in total. The number of hydrogen-bond acceptors (Lipinski definition) is 5. The van der Waals surface area contributed by atoms with Crippen LogP contribution >= 0.6 is 0 Å². The Hall–Kier alpha value is -1.15. The number of sulfone groups is 1. The maximum Gasteiger partial charge on any atom is 0.237 e. The van der Waals surface area contributed by atoms with Crippen molar-refractivity contribution < 1.29 is 18.0 Å². The zero-order valence-electron chi connectivity index (χ0n) is 15.2. The summed E-state index contributed by atoms with van der Waals surface area (Å²) in [4.78, 5) is 30.9. The number of carbonyl (C=O) groups is 2. The molecule has 0 radical (unpaired) electrons. The second-order valence-corrected chi connectivity index (χ2v) is 9.97. The summed E-state index contributed by atoms with van der Waals surface area (Å²) in [5.74, 6) is 0.450. The van der Waals surface area contributed by atoms with Crippen molar-refractivity contribution in [3.8, 4) is 0 Å². The van der Waals surface area contributed by atoms with Crippen LogP contribution in [0.5, 0.6) is 0 Å². The van der Waals surface area contributed by atoms with Gasteiger partial charge in [0.05, 0.1) is 30.1 Å². The van der Waals surface area contributed by atoms with Crippen molar-refractivity contribution in [3.05, 3.63) is 0 Å². The first kappa shape index (κ1) is 18.6. The van der Waals surface area contributed by atoms with Gasteiger partial charge >= 0.3 is 0 Å². The number of amides is 2. The first-order chi connectivity index (χ1) is 11.8. The van der Waals surface area contributed by atoms with Gasteiger partial charge in [0.2, 0.25) is 11.8 Å². The standard InChI is InChI=1S/C17H29N3O4S/c1-13-11-19(15-5-3-4-6-16(15)20(13)14(2)21)17(22)12-18-7-9-25(23,24)10-8-18/h13,15-16H,3-12H2,1-2H3/t13-,15?,16?/m0/s1. The Bertz CT molecular complexity index is 622. The summed E-state index contributed by atoms with van der Waals surface area (Å²) in [6, 6.07) is 0.262. The van der Waals surface area contributed by atoms with Crippen molar-refractivity contribution in [2.75, 3.05) is 37.7 Å². The van der Waals surface area contributed by atoms with Crippen molar-refractivity contribution in [1.82, 2.24) is 14.7 Å². The van der Waals surface area contributed by atoms with E-state index in [1.165, 1.54) is 0 Å². The molecule has 2 aliphatic heterocycles. The van der Waals surface area contributed by atoms with E-state index in [1.807, 2.05) is 21.6 Å². The highest BCUT2D eigenvalue weighted by atomic mass is 32.2. The molecule has 0 aromatic carbocycles. The lowest BCUT2D eigenvalue weighted by Gasteiger charge is -2.53. The largest absolute Gasteiger partial charge is 0.334 e. The van der Waals surface area contributed by atoms with Gasteiger partial charge in [-0.05, 0) is 19.8 Å². The van der Waals surface area contributed by atoms with Crippen LogP contribution in [-0.4, -0.2) is 90.7 Å². The lowest BCUT2D eigenvalue weighted by molar-refractivity contribution is -0.153. The van der Waals surface area contributed by atoms with Crippen LogP contribution in [-0.2, 0) is 19.4 Å². The summed E-state index contributed by atoms with van der Waals surface area (Å²) in [6.07, 6.45) is 4.10.